The molecule has 0 saturated carbocycles. The van der Waals surface area contributed by atoms with Gasteiger partial charge in [0.15, 0.2) is 0 Å². The van der Waals surface area contributed by atoms with E-state index in [2.05, 4.69) is 4.52 Å². The minimum atomic E-state index is -5.29. The van der Waals surface area contributed by atoms with Crippen molar-refractivity contribution in [2.45, 2.75) is 30.7 Å². The normalized spacial score (nSPS) is 26.2. The maximum absolute atomic E-state index is 10.6. The largest absolute Gasteiger partial charge is 1.00 e. The van der Waals surface area contributed by atoms with Gasteiger partial charge in [-0.2, -0.15) is 0 Å². The minimum absolute atomic E-state index is 0. The summed E-state index contributed by atoms with van der Waals surface area (Å²) in [6, 6.07) is 16.4. The van der Waals surface area contributed by atoms with E-state index >= 15 is 0 Å². The van der Waals surface area contributed by atoms with E-state index in [0.29, 0.717) is 5.75 Å². The smallest absolute Gasteiger partial charge is 0.790 e. The molecule has 0 spiro atoms. The van der Waals surface area contributed by atoms with Crippen LogP contribution in [0.1, 0.15) is 0 Å². The first-order valence-electron chi connectivity index (χ1n) is 8.43. The molecule has 3 N–H and O–H groups in total. The molecule has 2 aromatic rings. The Morgan fingerprint density at radius 3 is 2.00 bits per heavy atom. The van der Waals surface area contributed by atoms with Crippen LogP contribution in [0.25, 0.3) is 11.1 Å². The van der Waals surface area contributed by atoms with Gasteiger partial charge in [-0.3, -0.25) is 0 Å². The number of benzene rings is 2. The fourth-order valence-electron chi connectivity index (χ4n) is 2.81. The summed E-state index contributed by atoms with van der Waals surface area (Å²) in [5, 5.41) is 29.9. The maximum atomic E-state index is 10.6. The molecule has 12 heteroatoms. The Balaban J connectivity index is 0.00000225. The number of hydrogen-bond acceptors (Lipinski definition) is 9. The molecule has 1 saturated heterocycles. The van der Waals surface area contributed by atoms with Gasteiger partial charge in [-0.1, -0.05) is 42.5 Å². The summed E-state index contributed by atoms with van der Waals surface area (Å²) in [6.07, 6.45) is -7.75. The summed E-state index contributed by atoms with van der Waals surface area (Å²) in [5.74, 6) is 0.310. The average Bonchev–Trinajstić information content (AvgIpc) is 2.68. The van der Waals surface area contributed by atoms with Crippen molar-refractivity contribution in [3.05, 3.63) is 54.6 Å². The van der Waals surface area contributed by atoms with E-state index in [4.69, 9.17) is 9.47 Å². The summed E-state index contributed by atoms with van der Waals surface area (Å²) in [7, 11) is -5.29. The van der Waals surface area contributed by atoms with Gasteiger partial charge in [0.25, 0.3) is 0 Å². The Morgan fingerprint density at radius 2 is 1.43 bits per heavy atom. The summed E-state index contributed by atoms with van der Waals surface area (Å²) in [5.41, 5.74) is 1.93. The van der Waals surface area contributed by atoms with Crippen molar-refractivity contribution in [3.8, 4) is 16.9 Å². The Labute approximate surface area is 217 Å². The summed E-state index contributed by atoms with van der Waals surface area (Å²) >= 11 is 0. The Kier molecular flexibility index (Phi) is 11.7. The quantitative estimate of drug-likeness (QED) is 0.285. The number of phosphoric ester groups is 1. The molecular weight excluding hydrogens is 437 g/mol. The van der Waals surface area contributed by atoms with Crippen LogP contribution in [0.5, 0.6) is 5.75 Å². The molecule has 0 unspecified atom stereocenters. The van der Waals surface area contributed by atoms with Crippen LogP contribution in [0.3, 0.4) is 0 Å². The van der Waals surface area contributed by atoms with Crippen molar-refractivity contribution in [3.63, 3.8) is 0 Å². The van der Waals surface area contributed by atoms with E-state index in [0.717, 1.165) is 11.1 Å². The number of ether oxygens (including phenoxy) is 2. The summed E-state index contributed by atoms with van der Waals surface area (Å²) in [6.45, 7) is -0.817. The molecule has 1 aliphatic rings. The molecule has 152 valence electrons. The first kappa shape index (κ1) is 28.2. The van der Waals surface area contributed by atoms with Gasteiger partial charge < -0.3 is 43.7 Å². The van der Waals surface area contributed by atoms with E-state index in [1.807, 2.05) is 30.3 Å². The Bertz CT molecular complexity index is 818. The zero-order valence-corrected chi connectivity index (χ0v) is 21.4. The molecule has 0 aliphatic carbocycles. The van der Waals surface area contributed by atoms with Crippen LogP contribution < -0.4 is 73.6 Å². The molecule has 0 bridgehead atoms. The molecule has 9 nitrogen and oxygen atoms in total. The maximum Gasteiger partial charge on any atom is 1.00 e. The van der Waals surface area contributed by atoms with Gasteiger partial charge in [0.2, 0.25) is 6.29 Å². The van der Waals surface area contributed by atoms with E-state index in [-0.39, 0.29) is 59.1 Å². The zero-order valence-electron chi connectivity index (χ0n) is 16.5. The predicted molar refractivity (Wildman–Crippen MR) is 92.7 cm³/mol. The molecule has 1 fully saturated rings. The van der Waals surface area contributed by atoms with E-state index in [9.17, 15) is 29.7 Å². The van der Waals surface area contributed by atoms with Gasteiger partial charge in [-0.05, 0) is 23.3 Å². The third-order valence-corrected chi connectivity index (χ3v) is 4.74. The third kappa shape index (κ3) is 7.65. The molecule has 5 atom stereocenters. The fraction of sp³-hybridized carbons (Fsp3) is 0.333. The predicted octanol–water partition coefficient (Wildman–Crippen LogP) is -6.61. The minimum Gasteiger partial charge on any atom is -0.790 e. The Morgan fingerprint density at radius 1 is 0.867 bits per heavy atom. The second kappa shape index (κ2) is 12.4. The van der Waals surface area contributed by atoms with Gasteiger partial charge in [-0.25, -0.2) is 0 Å². The van der Waals surface area contributed by atoms with Crippen molar-refractivity contribution >= 4 is 7.82 Å². The van der Waals surface area contributed by atoms with E-state index < -0.39 is 45.1 Å². The second-order valence-electron chi connectivity index (χ2n) is 6.27. The van der Waals surface area contributed by atoms with Gasteiger partial charge >= 0.3 is 59.1 Å². The van der Waals surface area contributed by atoms with Crippen molar-refractivity contribution in [1.29, 1.82) is 0 Å². The van der Waals surface area contributed by atoms with Crippen molar-refractivity contribution in [2.75, 3.05) is 6.61 Å². The fourth-order valence-corrected chi connectivity index (χ4v) is 3.14. The molecule has 1 heterocycles. The molecule has 2 aromatic carbocycles. The standard InChI is InChI=1S/C18H21O9P.2Na/c19-15-14(10-25-28(22,23)24)27-18(17(21)16(15)20)26-13-8-6-12(7-9-13)11-4-2-1-3-5-11;;/h1-9,14-21H,10H2,(H2,22,23,24);;/q;2*+1/p-2/t14-,15-,16+,17+,18+;;/m1../s1. The monoisotopic (exact) mass is 456 g/mol. The van der Waals surface area contributed by atoms with Crippen molar-refractivity contribution < 1.29 is 103 Å². The van der Waals surface area contributed by atoms with Crippen LogP contribution in [-0.2, 0) is 13.8 Å². The van der Waals surface area contributed by atoms with Crippen LogP contribution in [0.15, 0.2) is 54.6 Å². The number of hydrogen-bond donors (Lipinski definition) is 3. The number of aliphatic hydroxyl groups is 3. The Hall–Kier alpha value is 0.190. The first-order valence-corrected chi connectivity index (χ1v) is 9.89. The van der Waals surface area contributed by atoms with Gasteiger partial charge in [0.05, 0.1) is 14.4 Å². The average molecular weight is 456 g/mol. The van der Waals surface area contributed by atoms with Crippen LogP contribution >= 0.6 is 7.82 Å². The number of phosphoric acid groups is 1. The molecule has 0 amide bonds. The molecule has 0 radical (unpaired) electrons. The molecule has 30 heavy (non-hydrogen) atoms. The molecule has 0 aromatic heterocycles. The van der Waals surface area contributed by atoms with Crippen LogP contribution in [-0.4, -0.2) is 52.6 Å². The molecule has 3 rings (SSSR count). The van der Waals surface area contributed by atoms with Gasteiger partial charge in [0, 0.05) is 0 Å². The molecule has 1 aliphatic heterocycles. The first-order chi connectivity index (χ1) is 13.2. The molecular formula is C18H19Na2O9P. The number of rotatable bonds is 6. The van der Waals surface area contributed by atoms with Crippen molar-refractivity contribution in [2.24, 2.45) is 0 Å². The van der Waals surface area contributed by atoms with Gasteiger partial charge in [-0.15, -0.1) is 0 Å². The van der Waals surface area contributed by atoms with E-state index in [1.54, 1.807) is 24.3 Å². The second-order valence-corrected chi connectivity index (χ2v) is 7.42. The third-order valence-electron chi connectivity index (χ3n) is 4.28. The van der Waals surface area contributed by atoms with E-state index in [1.165, 1.54) is 0 Å². The summed E-state index contributed by atoms with van der Waals surface area (Å²) < 4.78 is 25.5. The SMILES string of the molecule is O=P([O-])([O-])OC[C@H]1O[C@H](Oc2ccc(-c3ccccc3)cc2)[C@@H](O)[C@@H](O)[C@@H]1O.[Na+].[Na+]. The van der Waals surface area contributed by atoms with Gasteiger partial charge in [0.1, 0.15) is 30.2 Å². The van der Waals surface area contributed by atoms with Crippen LogP contribution in [0.4, 0.5) is 0 Å². The van der Waals surface area contributed by atoms with Crippen molar-refractivity contribution in [1.82, 2.24) is 0 Å². The topological polar surface area (TPSA) is 152 Å². The summed E-state index contributed by atoms with van der Waals surface area (Å²) in [4.78, 5) is 21.2. The number of aliphatic hydroxyl groups excluding tert-OH is 3. The van der Waals surface area contributed by atoms with Crippen LogP contribution in [0.2, 0.25) is 0 Å². The zero-order chi connectivity index (χ0) is 20.3. The van der Waals surface area contributed by atoms with Crippen LogP contribution in [0, 0.1) is 0 Å².